The molecule has 0 spiro atoms. The van der Waals surface area contributed by atoms with E-state index in [0.29, 0.717) is 0 Å². The van der Waals surface area contributed by atoms with Gasteiger partial charge in [0.1, 0.15) is 0 Å². The van der Waals surface area contributed by atoms with Gasteiger partial charge in [-0.1, -0.05) is 218 Å². The van der Waals surface area contributed by atoms with E-state index in [4.69, 9.17) is 0 Å². The van der Waals surface area contributed by atoms with E-state index >= 15 is 0 Å². The maximum Gasteiger partial charge on any atom is 0.211 e. The number of unbranched alkanes of at least 4 members (excludes halogenated alkanes) is 25. The van der Waals surface area contributed by atoms with Crippen molar-refractivity contribution in [3.63, 3.8) is 0 Å². The van der Waals surface area contributed by atoms with Crippen LogP contribution in [0.3, 0.4) is 0 Å². The number of rotatable bonds is 37. The third-order valence-corrected chi connectivity index (χ3v) is 12.7. The normalized spacial score (nSPS) is 13.3. The number of hydrogen-bond acceptors (Lipinski definition) is 0. The molecule has 58 heavy (non-hydrogen) atoms. The van der Waals surface area contributed by atoms with Gasteiger partial charge in [0.2, 0.25) is 11.4 Å². The van der Waals surface area contributed by atoms with Crippen LogP contribution in [0.4, 0.5) is 0 Å². The molecule has 0 N–H and O–H groups in total. The van der Waals surface area contributed by atoms with E-state index in [1.54, 1.807) is 4.70 Å². The van der Waals surface area contributed by atoms with Gasteiger partial charge in [-0.15, -0.1) is 0 Å². The Labute approximate surface area is 360 Å². The molecule has 1 aliphatic rings. The lowest BCUT2D eigenvalue weighted by atomic mass is 9.90. The maximum absolute atomic E-state index is 12.3. The Bertz CT molecular complexity index is 1440. The largest absolute Gasteiger partial charge is 0.493 e. The molecule has 0 aliphatic carbocycles. The molecule has 2 aromatic rings. The molecule has 0 amide bonds. The summed E-state index contributed by atoms with van der Waals surface area (Å²) >= 11 is 0. The van der Waals surface area contributed by atoms with Crippen molar-refractivity contribution in [2.24, 2.45) is 0 Å². The first-order chi connectivity index (χ1) is 28.7. The third-order valence-electron chi connectivity index (χ3n) is 12.7. The van der Waals surface area contributed by atoms with Crippen LogP contribution in [-0.4, -0.2) is 4.70 Å². The minimum atomic E-state index is 1.03. The summed E-state index contributed by atoms with van der Waals surface area (Å²) in [6.45, 7) is 9.16. The highest BCUT2D eigenvalue weighted by Crippen LogP contribution is 2.45. The molecule has 2 nitrogen and oxygen atoms in total. The number of aryl methyl sites for hydroxylation is 2. The van der Waals surface area contributed by atoms with Crippen molar-refractivity contribution in [3.8, 4) is 0 Å². The number of allylic oxidation sites excluding steroid dienone is 4. The second kappa shape index (κ2) is 33.0. The van der Waals surface area contributed by atoms with Crippen molar-refractivity contribution in [2.75, 3.05) is 0 Å². The molecule has 0 fully saturated rings. The van der Waals surface area contributed by atoms with Gasteiger partial charge in [0.05, 0.1) is 0 Å². The van der Waals surface area contributed by atoms with Gasteiger partial charge in [-0.05, 0) is 100.0 Å². The van der Waals surface area contributed by atoms with E-state index < -0.39 is 0 Å². The lowest BCUT2D eigenvalue weighted by Crippen LogP contribution is -2.05. The first kappa shape index (κ1) is 49.6. The summed E-state index contributed by atoms with van der Waals surface area (Å²) in [5.41, 5.74) is 22.3. The molecule has 0 saturated heterocycles. The van der Waals surface area contributed by atoms with Gasteiger partial charge in [0.25, 0.3) is 0 Å². The Morgan fingerprint density at radius 1 is 0.397 bits per heavy atom. The predicted octanol–water partition coefficient (Wildman–Crippen LogP) is 19.1. The average molecular weight is 791 g/mol. The van der Waals surface area contributed by atoms with Crippen LogP contribution in [0.2, 0.25) is 0 Å². The molecule has 0 aromatic heterocycles. The standard InChI is InChI=1S/C56H90N2/c1-5-9-13-15-17-18-19-20-21-22-23-24-25-26-27-28-29-30-31-32-35-40-50-41-37-38-42-52(50)56-54(44-36-33-16-14-10-6-2)53(43-34-11-7-3)55(58(56)57)51-47-45-49(46-48-51)39-12-8-4/h30-31,37-38,41-42,45-48H,5-29,32-36,39-40,43-44H2,1-4H3. The highest BCUT2D eigenvalue weighted by Gasteiger charge is 2.36. The molecule has 3 rings (SSSR count). The molecule has 324 valence electrons. The van der Waals surface area contributed by atoms with Crippen molar-refractivity contribution < 1.29 is 4.70 Å². The summed E-state index contributed by atoms with van der Waals surface area (Å²) in [7, 11) is 0. The van der Waals surface area contributed by atoms with E-state index in [0.717, 1.165) is 55.5 Å². The van der Waals surface area contributed by atoms with E-state index in [9.17, 15) is 5.53 Å². The zero-order valence-corrected chi connectivity index (χ0v) is 38.7. The lowest BCUT2D eigenvalue weighted by molar-refractivity contribution is -0.345. The fraction of sp³-hybridized carbons (Fsp3) is 0.679. The minimum Gasteiger partial charge on any atom is -0.493 e. The summed E-state index contributed by atoms with van der Waals surface area (Å²) < 4.78 is 1.62. The zero-order valence-electron chi connectivity index (χ0n) is 38.7. The molecular formula is C56H90N2. The number of hydrogen-bond donors (Lipinski definition) is 0. The van der Waals surface area contributed by atoms with Gasteiger partial charge >= 0.3 is 0 Å². The maximum atomic E-state index is 12.3. The summed E-state index contributed by atoms with van der Waals surface area (Å²) in [5, 5.41) is 0. The van der Waals surface area contributed by atoms with Gasteiger partial charge in [-0.2, -0.15) is 0 Å². The van der Waals surface area contributed by atoms with Crippen LogP contribution in [0.1, 0.15) is 255 Å². The van der Waals surface area contributed by atoms with Gasteiger partial charge in [-0.3, -0.25) is 0 Å². The van der Waals surface area contributed by atoms with Crippen molar-refractivity contribution in [3.05, 3.63) is 99.6 Å². The summed E-state index contributed by atoms with van der Waals surface area (Å²) in [6.07, 6.45) is 49.1. The van der Waals surface area contributed by atoms with Crippen molar-refractivity contribution in [2.45, 2.75) is 246 Å². The number of benzene rings is 2. The van der Waals surface area contributed by atoms with Crippen LogP contribution >= 0.6 is 0 Å². The van der Waals surface area contributed by atoms with E-state index in [1.807, 2.05) is 0 Å². The summed E-state index contributed by atoms with van der Waals surface area (Å²) in [5.74, 6) is 0. The Hall–Kier alpha value is -2.74. The summed E-state index contributed by atoms with van der Waals surface area (Å²) in [4.78, 5) is 0. The second-order valence-corrected chi connectivity index (χ2v) is 17.9. The highest BCUT2D eigenvalue weighted by atomic mass is 15.2. The van der Waals surface area contributed by atoms with Crippen LogP contribution in [0, 0.1) is 0 Å². The first-order valence-corrected chi connectivity index (χ1v) is 25.4. The molecule has 2 heteroatoms. The van der Waals surface area contributed by atoms with E-state index in [-0.39, 0.29) is 0 Å². The SMILES string of the molecule is CCCCCCCCCCCCCCCCCCC=CCCCc1ccccc1C1=C(CCCCCCCC)C(CCCCC)=C(c2ccc(CCCC)cc2)[N+]1=[N-]. The number of nitrogens with zero attached hydrogens (tertiary/aromatic N) is 2. The highest BCUT2D eigenvalue weighted by molar-refractivity contribution is 5.82. The molecule has 1 aliphatic heterocycles. The predicted molar refractivity (Wildman–Crippen MR) is 257 cm³/mol. The second-order valence-electron chi connectivity index (χ2n) is 17.9. The fourth-order valence-electron chi connectivity index (χ4n) is 9.03. The molecule has 0 atom stereocenters. The Balaban J connectivity index is 1.53. The van der Waals surface area contributed by atoms with Crippen LogP contribution in [-0.2, 0) is 12.8 Å². The zero-order chi connectivity index (χ0) is 41.3. The molecule has 0 saturated carbocycles. The van der Waals surface area contributed by atoms with Gasteiger partial charge in [0, 0.05) is 22.3 Å². The van der Waals surface area contributed by atoms with E-state index in [2.05, 4.69) is 88.4 Å². The Morgan fingerprint density at radius 2 is 0.828 bits per heavy atom. The summed E-state index contributed by atoms with van der Waals surface area (Å²) in [6, 6.07) is 18.1. The third kappa shape index (κ3) is 19.5. The van der Waals surface area contributed by atoms with Crippen molar-refractivity contribution >= 4 is 11.4 Å². The first-order valence-electron chi connectivity index (χ1n) is 25.4. The van der Waals surface area contributed by atoms with Crippen molar-refractivity contribution in [1.29, 1.82) is 0 Å². The lowest BCUT2D eigenvalue weighted by Gasteiger charge is -2.13. The van der Waals surface area contributed by atoms with Gasteiger partial charge < -0.3 is 5.53 Å². The molecule has 2 aromatic carbocycles. The average Bonchev–Trinajstić information content (AvgIpc) is 3.51. The Morgan fingerprint density at radius 3 is 1.38 bits per heavy atom. The van der Waals surface area contributed by atoms with E-state index in [1.165, 1.54) is 208 Å². The van der Waals surface area contributed by atoms with Crippen molar-refractivity contribution in [1.82, 2.24) is 0 Å². The van der Waals surface area contributed by atoms with Crippen LogP contribution in [0.15, 0.2) is 71.8 Å². The fourth-order valence-corrected chi connectivity index (χ4v) is 9.03. The molecule has 0 unspecified atom stereocenters. The minimum absolute atomic E-state index is 1.03. The monoisotopic (exact) mass is 791 g/mol. The Kier molecular flexibility index (Phi) is 28.3. The molecule has 0 bridgehead atoms. The molecule has 0 radical (unpaired) electrons. The van der Waals surface area contributed by atoms with Gasteiger partial charge in [0.15, 0.2) is 0 Å². The van der Waals surface area contributed by atoms with Crippen LogP contribution in [0.5, 0.6) is 0 Å². The topological polar surface area (TPSA) is 25.3 Å². The molecule has 1 heterocycles. The van der Waals surface area contributed by atoms with Crippen LogP contribution < -0.4 is 0 Å². The van der Waals surface area contributed by atoms with Crippen LogP contribution in [0.25, 0.3) is 16.9 Å². The smallest absolute Gasteiger partial charge is 0.211 e. The molecular weight excluding hydrogens is 701 g/mol. The quantitative estimate of drug-likeness (QED) is 0.0370. The van der Waals surface area contributed by atoms with Gasteiger partial charge in [-0.25, -0.2) is 4.70 Å².